The van der Waals surface area contributed by atoms with E-state index in [1.54, 1.807) is 24.3 Å². The molecule has 208 valence electrons. The van der Waals surface area contributed by atoms with Crippen LogP contribution in [0.1, 0.15) is 42.0 Å². The number of anilines is 2. The third-order valence-electron chi connectivity index (χ3n) is 6.06. The average Bonchev–Trinajstić information content (AvgIpc) is 2.82. The van der Waals surface area contributed by atoms with Crippen molar-refractivity contribution in [3.05, 3.63) is 69.2 Å². The number of nitrogens with two attached hydrogens (primary N) is 1. The van der Waals surface area contributed by atoms with E-state index < -0.39 is 52.4 Å². The molecule has 0 amide bonds. The van der Waals surface area contributed by atoms with Gasteiger partial charge in [-0.1, -0.05) is 0 Å². The molecule has 0 saturated carbocycles. The normalized spacial score (nSPS) is 14.3. The minimum absolute atomic E-state index is 0.0976. The van der Waals surface area contributed by atoms with Crippen LogP contribution in [0.25, 0.3) is 17.5 Å². The zero-order valence-corrected chi connectivity index (χ0v) is 20.3. The van der Waals surface area contributed by atoms with Crippen molar-refractivity contribution in [2.24, 2.45) is 0 Å². The monoisotopic (exact) mass is 557 g/mol. The maximum absolute atomic E-state index is 14.9. The number of nitrogen functional groups attached to an aromatic ring is 1. The van der Waals surface area contributed by atoms with Gasteiger partial charge in [0.1, 0.15) is 22.8 Å². The van der Waals surface area contributed by atoms with Crippen LogP contribution in [0.2, 0.25) is 0 Å². The Kier molecular flexibility index (Phi) is 7.52. The number of fused-ring (bicyclic) bond motifs is 1. The zero-order valence-electron chi connectivity index (χ0n) is 20.3. The summed E-state index contributed by atoms with van der Waals surface area (Å²) in [5, 5.41) is 7.90. The van der Waals surface area contributed by atoms with Gasteiger partial charge in [-0.25, -0.2) is 19.5 Å². The predicted molar refractivity (Wildman–Crippen MR) is 128 cm³/mol. The van der Waals surface area contributed by atoms with Crippen LogP contribution in [0.5, 0.6) is 0 Å². The second-order valence-electron chi connectivity index (χ2n) is 8.98. The quantitative estimate of drug-likeness (QED) is 0.349. The van der Waals surface area contributed by atoms with Crippen LogP contribution in [-0.2, 0) is 18.9 Å². The third-order valence-corrected chi connectivity index (χ3v) is 6.06. The van der Waals surface area contributed by atoms with Crippen LogP contribution < -0.4 is 16.6 Å². The van der Waals surface area contributed by atoms with Gasteiger partial charge in [0.25, 0.3) is 5.56 Å². The third kappa shape index (κ3) is 6.29. The summed E-state index contributed by atoms with van der Waals surface area (Å²) in [6.45, 7) is 2.51. The largest absolute Gasteiger partial charge is 0.423 e. The molecule has 15 heteroatoms. The van der Waals surface area contributed by atoms with Crippen LogP contribution in [0.3, 0.4) is 0 Å². The highest BCUT2D eigenvalue weighted by Crippen LogP contribution is 2.35. The molecule has 1 aliphatic heterocycles. The molecule has 8 nitrogen and oxygen atoms in total. The summed E-state index contributed by atoms with van der Waals surface area (Å²) in [6.07, 6.45) is -3.67. The van der Waals surface area contributed by atoms with Gasteiger partial charge in [0.05, 0.1) is 17.4 Å². The summed E-state index contributed by atoms with van der Waals surface area (Å²) < 4.78 is 93.3. The van der Waals surface area contributed by atoms with E-state index in [1.807, 2.05) is 4.90 Å². The second-order valence-corrected chi connectivity index (χ2v) is 8.98. The number of hydrogen-bond donors (Lipinski definition) is 3. The number of aromatic amines is 1. The van der Waals surface area contributed by atoms with E-state index in [4.69, 9.17) is 5.73 Å². The summed E-state index contributed by atoms with van der Waals surface area (Å²) >= 11 is 0. The Hall–Kier alpha value is -4.17. The zero-order chi connectivity index (χ0) is 28.5. The fraction of sp³-hybridized carbons (Fsp3) is 0.333. The maximum Gasteiger partial charge on any atom is 0.423 e. The number of hydrogen-bond acceptors (Lipinski definition) is 7. The molecule has 4 N–H and O–H groups in total. The van der Waals surface area contributed by atoms with Gasteiger partial charge in [-0.15, -0.1) is 0 Å². The Bertz CT molecular complexity index is 1450. The van der Waals surface area contributed by atoms with Crippen molar-refractivity contribution in [3.8, 4) is 11.4 Å². The van der Waals surface area contributed by atoms with Gasteiger partial charge in [-0.2, -0.15) is 31.4 Å². The number of nitrogens with one attached hydrogen (secondary N) is 2. The topological polar surface area (TPSA) is 113 Å². The van der Waals surface area contributed by atoms with Crippen molar-refractivity contribution >= 4 is 17.6 Å². The first-order valence-electron chi connectivity index (χ1n) is 11.6. The second kappa shape index (κ2) is 10.5. The number of H-pyrrole nitrogens is 1. The molecule has 3 aromatic rings. The summed E-state index contributed by atoms with van der Waals surface area (Å²) in [4.78, 5) is 20.8. The van der Waals surface area contributed by atoms with Crippen molar-refractivity contribution in [2.75, 3.05) is 17.6 Å². The number of halogens is 7. The molecular formula is C24H22F7N7O. The Morgan fingerprint density at radius 3 is 2.56 bits per heavy atom. The van der Waals surface area contributed by atoms with E-state index in [-0.39, 0.29) is 11.4 Å². The van der Waals surface area contributed by atoms with Gasteiger partial charge in [0.15, 0.2) is 5.82 Å². The predicted octanol–water partition coefficient (Wildman–Crippen LogP) is 5.05. The molecule has 1 atom stereocenters. The van der Waals surface area contributed by atoms with E-state index in [1.165, 1.54) is 12.1 Å². The van der Waals surface area contributed by atoms with Crippen LogP contribution in [0.15, 0.2) is 35.5 Å². The van der Waals surface area contributed by atoms with Crippen LogP contribution >= 0.6 is 0 Å². The first kappa shape index (κ1) is 27.9. The number of benzene rings is 1. The molecule has 1 aliphatic rings. The molecule has 1 aromatic carbocycles. The summed E-state index contributed by atoms with van der Waals surface area (Å²) in [7, 11) is 0. The number of aromatic nitrogens is 4. The molecule has 0 bridgehead atoms. The molecular weight excluding hydrogens is 535 g/mol. The molecule has 0 fully saturated rings. The molecule has 3 heterocycles. The van der Waals surface area contributed by atoms with E-state index in [2.05, 4.69) is 20.4 Å². The summed E-state index contributed by atoms with van der Waals surface area (Å²) in [5.41, 5.74) is 2.27. The van der Waals surface area contributed by atoms with Gasteiger partial charge < -0.3 is 16.0 Å². The molecule has 0 spiro atoms. The Morgan fingerprint density at radius 1 is 1.15 bits per heavy atom. The van der Waals surface area contributed by atoms with Crippen molar-refractivity contribution in [1.82, 2.24) is 25.1 Å². The van der Waals surface area contributed by atoms with Gasteiger partial charge >= 0.3 is 12.4 Å². The molecule has 0 unspecified atom stereocenters. The van der Waals surface area contributed by atoms with Crippen LogP contribution in [0, 0.1) is 5.82 Å². The average molecular weight is 557 g/mol. The maximum atomic E-state index is 14.9. The molecule has 2 aromatic heterocycles. The van der Waals surface area contributed by atoms with Crippen LogP contribution in [-0.4, -0.2) is 37.7 Å². The highest BCUT2D eigenvalue weighted by atomic mass is 19.4. The molecule has 0 radical (unpaired) electrons. The highest BCUT2D eigenvalue weighted by Gasteiger charge is 2.37. The highest BCUT2D eigenvalue weighted by molar-refractivity contribution is 5.67. The smallest absolute Gasteiger partial charge is 0.383 e. The van der Waals surface area contributed by atoms with Gasteiger partial charge in [-0.05, 0) is 55.3 Å². The van der Waals surface area contributed by atoms with E-state index in [9.17, 15) is 35.5 Å². The van der Waals surface area contributed by atoms with Crippen molar-refractivity contribution in [1.29, 1.82) is 0 Å². The molecule has 4 rings (SSSR count). The Balaban J connectivity index is 1.38. The van der Waals surface area contributed by atoms with Crippen LogP contribution in [0.4, 0.5) is 42.2 Å². The Labute approximate surface area is 216 Å². The number of rotatable bonds is 7. The minimum atomic E-state index is -4.84. The summed E-state index contributed by atoms with van der Waals surface area (Å²) in [6, 6.07) is 2.27. The van der Waals surface area contributed by atoms with E-state index in [0.717, 1.165) is 6.20 Å². The first-order valence-corrected chi connectivity index (χ1v) is 11.6. The van der Waals surface area contributed by atoms with Crippen molar-refractivity contribution < 1.29 is 30.7 Å². The standard InChI is InChI=1S/C24H22F7N7O/c1-12(35-18-10-34-37-22(39)19(18)24(29,30)31)3-2-5-38-6-4-13-7-15(17(25)8-14(13)11-38)21-33-9-16(20(32)36-21)23(26,27)28/h4,6-10,12H,2-3,5,11H2,1H3,(H2,32,33,36)(H2,35,37,39)/t12-/m0/s1. The Morgan fingerprint density at radius 2 is 1.90 bits per heavy atom. The lowest BCUT2D eigenvalue weighted by atomic mass is 9.99. The minimum Gasteiger partial charge on any atom is -0.383 e. The lowest BCUT2D eigenvalue weighted by Crippen LogP contribution is -2.28. The summed E-state index contributed by atoms with van der Waals surface area (Å²) in [5.74, 6) is -1.81. The van der Waals surface area contributed by atoms with Gasteiger partial charge in [0.2, 0.25) is 0 Å². The fourth-order valence-corrected chi connectivity index (χ4v) is 4.18. The van der Waals surface area contributed by atoms with Gasteiger partial charge in [-0.3, -0.25) is 4.79 Å². The number of nitrogens with zero attached hydrogens (tertiary/aromatic N) is 4. The molecule has 0 aliphatic carbocycles. The van der Waals surface area contributed by atoms with Crippen molar-refractivity contribution in [2.45, 2.75) is 44.7 Å². The van der Waals surface area contributed by atoms with Gasteiger partial charge in [0, 0.05) is 25.3 Å². The lowest BCUT2D eigenvalue weighted by Gasteiger charge is -2.26. The SMILES string of the molecule is C[C@@H](CCCN1C=Cc2cc(-c3ncc(C(F)(F)F)c(N)n3)c(F)cc2C1)Nc1cn[nH]c(=O)c1C(F)(F)F. The van der Waals surface area contributed by atoms with Crippen molar-refractivity contribution in [3.63, 3.8) is 0 Å². The molecule has 0 saturated heterocycles. The first-order chi connectivity index (χ1) is 18.2. The van der Waals surface area contributed by atoms with E-state index >= 15 is 0 Å². The fourth-order valence-electron chi connectivity index (χ4n) is 4.18. The lowest BCUT2D eigenvalue weighted by molar-refractivity contribution is -0.138. The van der Waals surface area contributed by atoms with E-state index in [0.29, 0.717) is 43.3 Å². The molecule has 39 heavy (non-hydrogen) atoms. The number of alkyl halides is 6.